The molecule has 0 aliphatic carbocycles. The normalized spacial score (nSPS) is 10.8. The lowest BCUT2D eigenvalue weighted by atomic mass is 10.2. The van der Waals surface area contributed by atoms with Crippen LogP contribution in [0.1, 0.15) is 36.8 Å². The van der Waals surface area contributed by atoms with Crippen LogP contribution in [0.2, 0.25) is 0 Å². The van der Waals surface area contributed by atoms with Gasteiger partial charge in [0.2, 0.25) is 0 Å². The van der Waals surface area contributed by atoms with Gasteiger partial charge in [0.1, 0.15) is 0 Å². The first kappa shape index (κ1) is 17.6. The Morgan fingerprint density at radius 1 is 0.826 bits per heavy atom. The average Bonchev–Trinajstić information content (AvgIpc) is 2.61. The molecule has 2 rings (SSSR count). The fraction of sp³-hybridized carbons (Fsp3) is 0.450. The number of hydrogen-bond acceptors (Lipinski definition) is 3. The quantitative estimate of drug-likeness (QED) is 0.602. The molecule has 1 aromatic carbocycles. The van der Waals surface area contributed by atoms with E-state index in [0.717, 1.165) is 39.1 Å². The van der Waals surface area contributed by atoms with Gasteiger partial charge < -0.3 is 10.1 Å². The molecule has 1 N–H and O–H groups in total. The predicted octanol–water partition coefficient (Wildman–Crippen LogP) is 3.99. The minimum Gasteiger partial charge on any atom is -0.381 e. The molecule has 0 atom stereocenters. The highest BCUT2D eigenvalue weighted by Gasteiger charge is 1.95. The number of pyridine rings is 1. The lowest BCUT2D eigenvalue weighted by Gasteiger charge is -2.06. The summed E-state index contributed by atoms with van der Waals surface area (Å²) in [6, 6.07) is 14.6. The molecule has 0 fully saturated rings. The summed E-state index contributed by atoms with van der Waals surface area (Å²) in [7, 11) is 0. The molecule has 0 aliphatic rings. The number of benzene rings is 1. The molecule has 0 radical (unpaired) electrons. The van der Waals surface area contributed by atoms with E-state index in [1.54, 1.807) is 6.20 Å². The zero-order chi connectivity index (χ0) is 16.0. The van der Waals surface area contributed by atoms with Crippen molar-refractivity contribution in [2.75, 3.05) is 19.8 Å². The predicted molar refractivity (Wildman–Crippen MR) is 95.4 cm³/mol. The first-order valence-electron chi connectivity index (χ1n) is 8.66. The number of nitrogens with one attached hydrogen (secondary N) is 1. The standard InChI is InChI=1S/C20H28N2O/c1(6-13-21-17-19-9-4-3-5-10-19)2-7-15-23-16-12-20-11-8-14-22-18-20/h3-5,8-11,14,18,21H,1-2,6-7,12-13,15-17H2. The fourth-order valence-corrected chi connectivity index (χ4v) is 2.47. The van der Waals surface area contributed by atoms with Crippen molar-refractivity contribution in [2.24, 2.45) is 0 Å². The van der Waals surface area contributed by atoms with Crippen LogP contribution in [0.5, 0.6) is 0 Å². The maximum absolute atomic E-state index is 5.68. The van der Waals surface area contributed by atoms with Crippen molar-refractivity contribution >= 4 is 0 Å². The summed E-state index contributed by atoms with van der Waals surface area (Å²) in [5.41, 5.74) is 2.60. The Labute approximate surface area is 140 Å². The Kier molecular flexibility index (Phi) is 9.05. The largest absolute Gasteiger partial charge is 0.381 e. The summed E-state index contributed by atoms with van der Waals surface area (Å²) in [6.07, 6.45) is 9.59. The second-order valence-electron chi connectivity index (χ2n) is 5.80. The van der Waals surface area contributed by atoms with Crippen molar-refractivity contribution in [1.82, 2.24) is 10.3 Å². The smallest absolute Gasteiger partial charge is 0.0507 e. The zero-order valence-corrected chi connectivity index (χ0v) is 13.9. The molecule has 0 spiro atoms. The molecule has 0 bridgehead atoms. The Bertz CT molecular complexity index is 454. The SMILES string of the molecule is c1ccc(CNCCCCCCOCCc2cccnc2)cc1. The van der Waals surface area contributed by atoms with Gasteiger partial charge in [-0.15, -0.1) is 0 Å². The van der Waals surface area contributed by atoms with E-state index < -0.39 is 0 Å². The zero-order valence-electron chi connectivity index (χ0n) is 13.9. The van der Waals surface area contributed by atoms with Gasteiger partial charge in [-0.05, 0) is 43.0 Å². The maximum Gasteiger partial charge on any atom is 0.0507 e. The van der Waals surface area contributed by atoms with Gasteiger partial charge in [0.15, 0.2) is 0 Å². The monoisotopic (exact) mass is 312 g/mol. The number of unbranched alkanes of at least 4 members (excludes halogenated alkanes) is 3. The molecule has 23 heavy (non-hydrogen) atoms. The lowest BCUT2D eigenvalue weighted by molar-refractivity contribution is 0.133. The van der Waals surface area contributed by atoms with Gasteiger partial charge in [0, 0.05) is 25.5 Å². The topological polar surface area (TPSA) is 34.1 Å². The summed E-state index contributed by atoms with van der Waals surface area (Å²) in [6.45, 7) is 3.73. The Morgan fingerprint density at radius 3 is 2.48 bits per heavy atom. The molecule has 0 saturated carbocycles. The van der Waals surface area contributed by atoms with E-state index in [0.29, 0.717) is 0 Å². The molecule has 0 aliphatic heterocycles. The van der Waals surface area contributed by atoms with Crippen LogP contribution >= 0.6 is 0 Å². The minimum atomic E-state index is 0.796. The first-order chi connectivity index (χ1) is 11.4. The number of nitrogens with zero attached hydrogens (tertiary/aromatic N) is 1. The molecule has 124 valence electrons. The number of rotatable bonds is 12. The van der Waals surface area contributed by atoms with E-state index in [1.165, 1.54) is 30.4 Å². The van der Waals surface area contributed by atoms with Crippen molar-refractivity contribution < 1.29 is 4.74 Å². The number of ether oxygens (including phenoxy) is 1. The second-order valence-corrected chi connectivity index (χ2v) is 5.80. The van der Waals surface area contributed by atoms with Gasteiger partial charge in [-0.25, -0.2) is 0 Å². The minimum absolute atomic E-state index is 0.796. The summed E-state index contributed by atoms with van der Waals surface area (Å²) in [5.74, 6) is 0. The van der Waals surface area contributed by atoms with Crippen LogP contribution in [-0.2, 0) is 17.7 Å². The van der Waals surface area contributed by atoms with Gasteiger partial charge in [-0.1, -0.05) is 49.2 Å². The molecular weight excluding hydrogens is 284 g/mol. The van der Waals surface area contributed by atoms with Crippen LogP contribution in [-0.4, -0.2) is 24.7 Å². The van der Waals surface area contributed by atoms with Crippen LogP contribution in [0, 0.1) is 0 Å². The van der Waals surface area contributed by atoms with Crippen molar-refractivity contribution in [3.8, 4) is 0 Å². The van der Waals surface area contributed by atoms with Gasteiger partial charge in [-0.3, -0.25) is 4.98 Å². The molecule has 0 saturated heterocycles. The highest BCUT2D eigenvalue weighted by molar-refractivity contribution is 5.14. The molecule has 0 unspecified atom stereocenters. The third-order valence-electron chi connectivity index (χ3n) is 3.82. The van der Waals surface area contributed by atoms with Crippen LogP contribution in [0.4, 0.5) is 0 Å². The number of hydrogen-bond donors (Lipinski definition) is 1. The molecule has 1 heterocycles. The summed E-state index contributed by atoms with van der Waals surface area (Å²) >= 11 is 0. The molecule has 2 aromatic rings. The van der Waals surface area contributed by atoms with Gasteiger partial charge in [-0.2, -0.15) is 0 Å². The second kappa shape index (κ2) is 11.8. The van der Waals surface area contributed by atoms with Crippen molar-refractivity contribution in [3.63, 3.8) is 0 Å². The first-order valence-corrected chi connectivity index (χ1v) is 8.66. The average molecular weight is 312 g/mol. The molecule has 3 nitrogen and oxygen atoms in total. The van der Waals surface area contributed by atoms with E-state index in [4.69, 9.17) is 4.74 Å². The summed E-state index contributed by atoms with van der Waals surface area (Å²) in [5, 5.41) is 3.49. The molecule has 0 amide bonds. The van der Waals surface area contributed by atoms with E-state index in [9.17, 15) is 0 Å². The highest BCUT2D eigenvalue weighted by atomic mass is 16.5. The molecule has 3 heteroatoms. The molecular formula is C20H28N2O. The van der Waals surface area contributed by atoms with Crippen molar-refractivity contribution in [3.05, 3.63) is 66.0 Å². The van der Waals surface area contributed by atoms with Gasteiger partial charge in [0.05, 0.1) is 6.61 Å². The van der Waals surface area contributed by atoms with E-state index in [2.05, 4.69) is 46.7 Å². The Hall–Kier alpha value is -1.71. The van der Waals surface area contributed by atoms with Crippen LogP contribution in [0.15, 0.2) is 54.9 Å². The summed E-state index contributed by atoms with van der Waals surface area (Å²) in [4.78, 5) is 4.11. The maximum atomic E-state index is 5.68. The van der Waals surface area contributed by atoms with E-state index in [-0.39, 0.29) is 0 Å². The fourth-order valence-electron chi connectivity index (χ4n) is 2.47. The van der Waals surface area contributed by atoms with Crippen LogP contribution in [0.3, 0.4) is 0 Å². The van der Waals surface area contributed by atoms with E-state index in [1.807, 2.05) is 12.3 Å². The number of aromatic nitrogens is 1. The van der Waals surface area contributed by atoms with Crippen molar-refractivity contribution in [2.45, 2.75) is 38.6 Å². The molecule has 1 aromatic heterocycles. The summed E-state index contributed by atoms with van der Waals surface area (Å²) < 4.78 is 5.68. The highest BCUT2D eigenvalue weighted by Crippen LogP contribution is 2.02. The lowest BCUT2D eigenvalue weighted by Crippen LogP contribution is -2.14. The van der Waals surface area contributed by atoms with E-state index >= 15 is 0 Å². The Morgan fingerprint density at radius 2 is 1.65 bits per heavy atom. The van der Waals surface area contributed by atoms with Gasteiger partial charge >= 0.3 is 0 Å². The van der Waals surface area contributed by atoms with Crippen LogP contribution < -0.4 is 5.32 Å². The van der Waals surface area contributed by atoms with Gasteiger partial charge in [0.25, 0.3) is 0 Å². The third kappa shape index (κ3) is 8.48. The Balaban J connectivity index is 1.34. The third-order valence-corrected chi connectivity index (χ3v) is 3.82. The van der Waals surface area contributed by atoms with Crippen LogP contribution in [0.25, 0.3) is 0 Å². The van der Waals surface area contributed by atoms with Crippen molar-refractivity contribution in [1.29, 1.82) is 0 Å².